The number of nitro benzene ring substituents is 1. The highest BCUT2D eigenvalue weighted by molar-refractivity contribution is 7.07. The first-order valence-corrected chi connectivity index (χ1v) is 13.4. The molecule has 0 amide bonds. The van der Waals surface area contributed by atoms with Gasteiger partial charge in [-0.1, -0.05) is 53.8 Å². The van der Waals surface area contributed by atoms with Gasteiger partial charge in [-0.2, -0.15) is 0 Å². The lowest BCUT2D eigenvalue weighted by atomic mass is 9.83. The lowest BCUT2D eigenvalue weighted by molar-refractivity contribution is -0.384. The Morgan fingerprint density at radius 2 is 1.93 bits per heavy atom. The molecule has 1 aliphatic heterocycles. The minimum absolute atomic E-state index is 0.0325. The second-order valence-corrected chi connectivity index (χ2v) is 10.5. The number of non-ortho nitro benzene ring substituents is 1. The number of carbonyl (C=O) groups is 1. The summed E-state index contributed by atoms with van der Waals surface area (Å²) in [5.74, 6) is 0.176. The SMILES string of the molecule is COc1cc(/C=c2/sc3n(c2=O)[C@H](c2cccc([N+](=O)[O-])c2)C2=C(N=3)c3ccccc3CC2)ccc1OC(C)=O. The molecule has 0 fully saturated rings. The van der Waals surface area contributed by atoms with E-state index in [0.717, 1.165) is 23.3 Å². The van der Waals surface area contributed by atoms with Crippen molar-refractivity contribution in [3.05, 3.63) is 124 Å². The van der Waals surface area contributed by atoms with Crippen molar-refractivity contribution in [2.24, 2.45) is 4.99 Å². The van der Waals surface area contributed by atoms with Crippen LogP contribution in [0.3, 0.4) is 0 Å². The van der Waals surface area contributed by atoms with E-state index in [1.54, 1.807) is 34.9 Å². The van der Waals surface area contributed by atoms with Crippen LogP contribution in [0.25, 0.3) is 11.8 Å². The maximum Gasteiger partial charge on any atom is 0.308 e. The van der Waals surface area contributed by atoms with Crippen LogP contribution < -0.4 is 24.4 Å². The van der Waals surface area contributed by atoms with Crippen LogP contribution in [0, 0.1) is 10.1 Å². The fourth-order valence-electron chi connectivity index (χ4n) is 5.30. The number of allylic oxidation sites excluding steroid dienone is 1. The van der Waals surface area contributed by atoms with Gasteiger partial charge >= 0.3 is 5.97 Å². The molecule has 9 nitrogen and oxygen atoms in total. The molecule has 0 N–H and O–H groups in total. The largest absolute Gasteiger partial charge is 0.493 e. The molecule has 0 radical (unpaired) electrons. The number of esters is 1. The molecule has 3 aromatic carbocycles. The van der Waals surface area contributed by atoms with Crippen LogP contribution in [-0.2, 0) is 11.2 Å². The van der Waals surface area contributed by atoms with Gasteiger partial charge < -0.3 is 9.47 Å². The number of benzene rings is 3. The third-order valence-electron chi connectivity index (χ3n) is 7.01. The van der Waals surface area contributed by atoms with E-state index in [-0.39, 0.29) is 17.0 Å². The molecule has 1 aromatic heterocycles. The lowest BCUT2D eigenvalue weighted by Crippen LogP contribution is -2.38. The molecule has 40 heavy (non-hydrogen) atoms. The van der Waals surface area contributed by atoms with Gasteiger partial charge in [-0.25, -0.2) is 4.99 Å². The van der Waals surface area contributed by atoms with Crippen molar-refractivity contribution >= 4 is 34.8 Å². The third-order valence-corrected chi connectivity index (χ3v) is 7.99. The van der Waals surface area contributed by atoms with Crippen LogP contribution in [0.5, 0.6) is 11.5 Å². The van der Waals surface area contributed by atoms with Gasteiger partial charge in [0.25, 0.3) is 11.2 Å². The summed E-state index contributed by atoms with van der Waals surface area (Å²) in [7, 11) is 1.47. The van der Waals surface area contributed by atoms with Gasteiger partial charge in [0.2, 0.25) is 0 Å². The zero-order valence-electron chi connectivity index (χ0n) is 21.6. The van der Waals surface area contributed by atoms with Crippen molar-refractivity contribution < 1.29 is 19.2 Å². The highest BCUT2D eigenvalue weighted by Gasteiger charge is 2.33. The lowest BCUT2D eigenvalue weighted by Gasteiger charge is -2.30. The normalized spacial score (nSPS) is 15.9. The molecule has 0 saturated heterocycles. The number of nitrogens with zero attached hydrogens (tertiary/aromatic N) is 3. The second-order valence-electron chi connectivity index (χ2n) is 9.47. The minimum atomic E-state index is -0.525. The molecule has 0 saturated carbocycles. The van der Waals surface area contributed by atoms with Gasteiger partial charge in [0.15, 0.2) is 16.3 Å². The summed E-state index contributed by atoms with van der Waals surface area (Å²) in [6.45, 7) is 1.31. The molecule has 0 unspecified atom stereocenters. The summed E-state index contributed by atoms with van der Waals surface area (Å²) in [5, 5.41) is 11.6. The maximum absolute atomic E-state index is 13.9. The quantitative estimate of drug-likeness (QED) is 0.159. The average Bonchev–Trinajstić information content (AvgIpc) is 3.26. The zero-order chi connectivity index (χ0) is 28.0. The van der Waals surface area contributed by atoms with E-state index in [0.29, 0.717) is 32.6 Å². The Kier molecular flexibility index (Phi) is 6.39. The van der Waals surface area contributed by atoms with E-state index >= 15 is 0 Å². The molecule has 6 rings (SSSR count). The Morgan fingerprint density at radius 1 is 1.10 bits per heavy atom. The fourth-order valence-corrected chi connectivity index (χ4v) is 6.30. The van der Waals surface area contributed by atoms with Crippen molar-refractivity contribution in [2.75, 3.05) is 7.11 Å². The number of aromatic nitrogens is 1. The van der Waals surface area contributed by atoms with E-state index in [1.165, 1.54) is 43.1 Å². The van der Waals surface area contributed by atoms with Crippen molar-refractivity contribution in [3.63, 3.8) is 0 Å². The van der Waals surface area contributed by atoms with Crippen molar-refractivity contribution in [3.8, 4) is 11.5 Å². The number of methoxy groups -OCH3 is 1. The highest BCUT2D eigenvalue weighted by Crippen LogP contribution is 2.41. The number of aryl methyl sites for hydroxylation is 1. The number of nitro groups is 1. The first-order chi connectivity index (χ1) is 19.3. The summed E-state index contributed by atoms with van der Waals surface area (Å²) >= 11 is 1.26. The summed E-state index contributed by atoms with van der Waals surface area (Å²) < 4.78 is 12.7. The van der Waals surface area contributed by atoms with Gasteiger partial charge in [0.1, 0.15) is 0 Å². The van der Waals surface area contributed by atoms with E-state index < -0.39 is 16.9 Å². The molecule has 0 spiro atoms. The van der Waals surface area contributed by atoms with Gasteiger partial charge in [-0.05, 0) is 53.3 Å². The smallest absolute Gasteiger partial charge is 0.308 e. The highest BCUT2D eigenvalue weighted by atomic mass is 32.1. The number of hydrogen-bond acceptors (Lipinski definition) is 8. The molecular weight excluding hydrogens is 530 g/mol. The van der Waals surface area contributed by atoms with Crippen LogP contribution in [0.4, 0.5) is 5.69 Å². The van der Waals surface area contributed by atoms with Crippen LogP contribution in [0.1, 0.15) is 41.6 Å². The Morgan fingerprint density at radius 3 is 2.70 bits per heavy atom. The number of ether oxygens (including phenoxy) is 2. The molecule has 200 valence electrons. The predicted octanol–water partition coefficient (Wildman–Crippen LogP) is 4.16. The summed E-state index contributed by atoms with van der Waals surface area (Å²) in [5.41, 5.74) is 5.05. The fraction of sp³-hybridized carbons (Fsp3) is 0.167. The topological polar surface area (TPSA) is 113 Å². The Bertz CT molecular complexity index is 1920. The van der Waals surface area contributed by atoms with E-state index in [4.69, 9.17) is 14.5 Å². The molecule has 0 bridgehead atoms. The molecular formula is C30H23N3O6S. The number of hydrogen-bond donors (Lipinski definition) is 0. The second kappa shape index (κ2) is 10.0. The van der Waals surface area contributed by atoms with Crippen LogP contribution in [0.15, 0.2) is 82.1 Å². The Labute approximate surface area is 232 Å². The predicted molar refractivity (Wildman–Crippen MR) is 150 cm³/mol. The Hall–Kier alpha value is -4.83. The number of fused-ring (bicyclic) bond motifs is 3. The summed E-state index contributed by atoms with van der Waals surface area (Å²) in [4.78, 5) is 42.0. The summed E-state index contributed by atoms with van der Waals surface area (Å²) in [6, 6.07) is 19.1. The molecule has 2 heterocycles. The van der Waals surface area contributed by atoms with E-state index in [2.05, 4.69) is 6.07 Å². The molecule has 1 aliphatic carbocycles. The van der Waals surface area contributed by atoms with Gasteiger partial charge in [0, 0.05) is 24.6 Å². The summed E-state index contributed by atoms with van der Waals surface area (Å²) in [6.07, 6.45) is 3.21. The maximum atomic E-state index is 13.9. The first kappa shape index (κ1) is 25.4. The molecule has 1 atom stereocenters. The number of rotatable bonds is 5. The molecule has 10 heteroatoms. The average molecular weight is 554 g/mol. The van der Waals surface area contributed by atoms with Gasteiger partial charge in [0.05, 0.1) is 28.3 Å². The van der Waals surface area contributed by atoms with Gasteiger partial charge in [-0.3, -0.25) is 24.3 Å². The number of thiazole rings is 1. The monoisotopic (exact) mass is 553 g/mol. The van der Waals surface area contributed by atoms with Crippen molar-refractivity contribution in [2.45, 2.75) is 25.8 Å². The minimum Gasteiger partial charge on any atom is -0.493 e. The zero-order valence-corrected chi connectivity index (χ0v) is 22.4. The van der Waals surface area contributed by atoms with E-state index in [9.17, 15) is 19.7 Å². The standard InChI is InChI=1S/C30H23N3O6S/c1-17(34)39-24-13-10-18(14-25(24)38-2)15-26-29(35)32-28(20-7-5-8-21(16-20)33(36)37)23-12-11-19-6-3-4-9-22(19)27(23)31-30(32)40-26/h3-10,13-16,28H,11-12H2,1-2H3/b26-15+/t28-/m1/s1. The Balaban J connectivity index is 1.56. The van der Waals surface area contributed by atoms with Crippen LogP contribution in [-0.4, -0.2) is 22.6 Å². The van der Waals surface area contributed by atoms with Crippen molar-refractivity contribution in [1.82, 2.24) is 4.57 Å². The first-order valence-electron chi connectivity index (χ1n) is 12.6. The van der Waals surface area contributed by atoms with Crippen molar-refractivity contribution in [1.29, 1.82) is 0 Å². The molecule has 2 aliphatic rings. The van der Waals surface area contributed by atoms with E-state index in [1.807, 2.05) is 24.3 Å². The molecule has 4 aromatic rings. The van der Waals surface area contributed by atoms with Crippen LogP contribution in [0.2, 0.25) is 0 Å². The van der Waals surface area contributed by atoms with Gasteiger partial charge in [-0.15, -0.1) is 0 Å². The third kappa shape index (κ3) is 4.42. The number of carbonyl (C=O) groups excluding carboxylic acids is 1. The van der Waals surface area contributed by atoms with Crippen LogP contribution >= 0.6 is 11.3 Å².